The molecule has 0 spiro atoms. The van der Waals surface area contributed by atoms with Gasteiger partial charge in [-0.25, -0.2) is 0 Å². The molecule has 6 heavy (non-hydrogen) atoms. The van der Waals surface area contributed by atoms with Crippen LogP contribution in [-0.4, -0.2) is 10.7 Å². The SMILES string of the molecule is CC[C@H](Cl)CBr. The van der Waals surface area contributed by atoms with E-state index in [1.807, 2.05) is 0 Å². The molecule has 0 N–H and O–H groups in total. The third-order valence-corrected chi connectivity index (χ3v) is 2.23. The van der Waals surface area contributed by atoms with Gasteiger partial charge in [0.1, 0.15) is 0 Å². The molecule has 0 rings (SSSR count). The molecule has 0 saturated carbocycles. The van der Waals surface area contributed by atoms with E-state index in [4.69, 9.17) is 11.6 Å². The Morgan fingerprint density at radius 2 is 2.33 bits per heavy atom. The third kappa shape index (κ3) is 2.98. The molecule has 0 aromatic rings. The van der Waals surface area contributed by atoms with E-state index < -0.39 is 0 Å². The number of hydrogen-bond acceptors (Lipinski definition) is 0. The van der Waals surface area contributed by atoms with Crippen LogP contribution in [-0.2, 0) is 0 Å². The fraction of sp³-hybridized carbons (Fsp3) is 1.00. The summed E-state index contributed by atoms with van der Waals surface area (Å²) in [6.45, 7) is 2.07. The van der Waals surface area contributed by atoms with Gasteiger partial charge < -0.3 is 0 Å². The molecule has 1 atom stereocenters. The summed E-state index contributed by atoms with van der Waals surface area (Å²) in [5.74, 6) is 0. The van der Waals surface area contributed by atoms with Gasteiger partial charge in [-0.3, -0.25) is 0 Å². The lowest BCUT2D eigenvalue weighted by atomic mass is 10.4. The summed E-state index contributed by atoms with van der Waals surface area (Å²) in [6, 6.07) is 0. The van der Waals surface area contributed by atoms with E-state index in [0.717, 1.165) is 11.8 Å². The van der Waals surface area contributed by atoms with Crippen molar-refractivity contribution in [2.45, 2.75) is 18.7 Å². The molecule has 0 aromatic carbocycles. The van der Waals surface area contributed by atoms with Gasteiger partial charge in [-0.05, 0) is 6.42 Å². The molecule has 0 aliphatic heterocycles. The number of halogens is 2. The van der Waals surface area contributed by atoms with Gasteiger partial charge in [-0.15, -0.1) is 11.6 Å². The first-order chi connectivity index (χ1) is 2.81. The van der Waals surface area contributed by atoms with Crippen molar-refractivity contribution in [3.63, 3.8) is 0 Å². The summed E-state index contributed by atoms with van der Waals surface area (Å²) in [4.78, 5) is 0. The zero-order valence-electron chi connectivity index (χ0n) is 3.75. The maximum atomic E-state index is 5.60. The third-order valence-electron chi connectivity index (χ3n) is 0.610. The Kier molecular flexibility index (Phi) is 4.45. The topological polar surface area (TPSA) is 0 Å². The Bertz CT molecular complexity index is 26.7. The molecule has 0 radical (unpaired) electrons. The first kappa shape index (κ1) is 6.77. The predicted octanol–water partition coefficient (Wildman–Crippen LogP) is 2.40. The summed E-state index contributed by atoms with van der Waals surface area (Å²) < 4.78 is 0. The van der Waals surface area contributed by atoms with Crippen molar-refractivity contribution in [3.05, 3.63) is 0 Å². The van der Waals surface area contributed by atoms with Gasteiger partial charge in [0.2, 0.25) is 0 Å². The Hall–Kier alpha value is 0.770. The molecule has 0 unspecified atom stereocenters. The molecule has 0 heterocycles. The Morgan fingerprint density at radius 1 is 1.83 bits per heavy atom. The second-order valence-electron chi connectivity index (χ2n) is 1.16. The molecule has 0 aliphatic rings. The van der Waals surface area contributed by atoms with Gasteiger partial charge >= 0.3 is 0 Å². The van der Waals surface area contributed by atoms with E-state index in [1.54, 1.807) is 0 Å². The Balaban J connectivity index is 2.75. The van der Waals surface area contributed by atoms with E-state index in [-0.39, 0.29) is 0 Å². The Morgan fingerprint density at radius 3 is 2.33 bits per heavy atom. The summed E-state index contributed by atoms with van der Waals surface area (Å²) in [5, 5.41) is 1.23. The van der Waals surface area contributed by atoms with Gasteiger partial charge in [0, 0.05) is 10.7 Å². The number of alkyl halides is 2. The minimum Gasteiger partial charge on any atom is -0.122 e. The van der Waals surface area contributed by atoms with Crippen LogP contribution in [0.15, 0.2) is 0 Å². The quantitative estimate of drug-likeness (QED) is 0.560. The minimum atomic E-state index is 0.324. The van der Waals surface area contributed by atoms with Crippen molar-refractivity contribution >= 4 is 27.5 Å². The lowest BCUT2D eigenvalue weighted by Crippen LogP contribution is -1.94. The molecule has 38 valence electrons. The maximum absolute atomic E-state index is 5.60. The van der Waals surface area contributed by atoms with Crippen molar-refractivity contribution in [1.82, 2.24) is 0 Å². The van der Waals surface area contributed by atoms with Crippen LogP contribution in [0.1, 0.15) is 13.3 Å². The zero-order valence-corrected chi connectivity index (χ0v) is 6.09. The molecule has 0 bridgehead atoms. The highest BCUT2D eigenvalue weighted by atomic mass is 79.9. The van der Waals surface area contributed by atoms with Crippen LogP contribution < -0.4 is 0 Å². The molecule has 0 saturated heterocycles. The van der Waals surface area contributed by atoms with Crippen LogP contribution in [0.5, 0.6) is 0 Å². The first-order valence-corrected chi connectivity index (χ1v) is 3.57. The zero-order chi connectivity index (χ0) is 4.99. The van der Waals surface area contributed by atoms with Crippen molar-refractivity contribution in [2.75, 3.05) is 5.33 Å². The minimum absolute atomic E-state index is 0.324. The monoisotopic (exact) mass is 170 g/mol. The summed E-state index contributed by atoms with van der Waals surface area (Å²) in [6.07, 6.45) is 1.05. The predicted molar refractivity (Wildman–Crippen MR) is 33.7 cm³/mol. The second kappa shape index (κ2) is 3.94. The average molecular weight is 171 g/mol. The van der Waals surface area contributed by atoms with Gasteiger partial charge in [-0.2, -0.15) is 0 Å². The Labute approximate surface area is 52.0 Å². The smallest absolute Gasteiger partial charge is 0.0430 e. The van der Waals surface area contributed by atoms with Crippen molar-refractivity contribution in [3.8, 4) is 0 Å². The normalized spacial score (nSPS) is 14.5. The molecule has 0 nitrogen and oxygen atoms in total. The molecule has 2 heteroatoms. The van der Waals surface area contributed by atoms with E-state index >= 15 is 0 Å². The fourth-order valence-corrected chi connectivity index (χ4v) is 0.567. The van der Waals surface area contributed by atoms with Crippen molar-refractivity contribution in [1.29, 1.82) is 0 Å². The van der Waals surface area contributed by atoms with Gasteiger partial charge in [0.15, 0.2) is 0 Å². The molecular weight excluding hydrogens is 163 g/mol. The fourth-order valence-electron chi connectivity index (χ4n) is 0.109. The van der Waals surface area contributed by atoms with E-state index in [1.165, 1.54) is 0 Å². The lowest BCUT2D eigenvalue weighted by Gasteiger charge is -1.94. The van der Waals surface area contributed by atoms with Gasteiger partial charge in [-0.1, -0.05) is 22.9 Å². The first-order valence-electron chi connectivity index (χ1n) is 2.01. The van der Waals surface area contributed by atoms with Crippen LogP contribution >= 0.6 is 27.5 Å². The lowest BCUT2D eigenvalue weighted by molar-refractivity contribution is 0.911. The van der Waals surface area contributed by atoms with Crippen molar-refractivity contribution in [2.24, 2.45) is 0 Å². The van der Waals surface area contributed by atoms with E-state index in [9.17, 15) is 0 Å². The van der Waals surface area contributed by atoms with E-state index in [2.05, 4.69) is 22.9 Å². The second-order valence-corrected chi connectivity index (χ2v) is 2.42. The van der Waals surface area contributed by atoms with Crippen molar-refractivity contribution < 1.29 is 0 Å². The van der Waals surface area contributed by atoms with Gasteiger partial charge in [0.05, 0.1) is 0 Å². The van der Waals surface area contributed by atoms with Crippen LogP contribution in [0.2, 0.25) is 0 Å². The molecule has 0 amide bonds. The summed E-state index contributed by atoms with van der Waals surface area (Å²) in [5.41, 5.74) is 0. The molecule has 0 aromatic heterocycles. The molecule has 0 fully saturated rings. The largest absolute Gasteiger partial charge is 0.122 e. The highest BCUT2D eigenvalue weighted by Crippen LogP contribution is 2.02. The molecule has 0 aliphatic carbocycles. The highest BCUT2D eigenvalue weighted by molar-refractivity contribution is 9.09. The van der Waals surface area contributed by atoms with Crippen LogP contribution in [0.4, 0.5) is 0 Å². The van der Waals surface area contributed by atoms with Crippen LogP contribution in [0, 0.1) is 0 Å². The van der Waals surface area contributed by atoms with Crippen LogP contribution in [0.3, 0.4) is 0 Å². The number of hydrogen-bond donors (Lipinski definition) is 0. The van der Waals surface area contributed by atoms with Crippen LogP contribution in [0.25, 0.3) is 0 Å². The average Bonchev–Trinajstić information content (AvgIpc) is 1.65. The highest BCUT2D eigenvalue weighted by Gasteiger charge is 1.93. The summed E-state index contributed by atoms with van der Waals surface area (Å²) >= 11 is 8.85. The van der Waals surface area contributed by atoms with E-state index in [0.29, 0.717) is 5.38 Å². The van der Waals surface area contributed by atoms with Gasteiger partial charge in [0.25, 0.3) is 0 Å². The number of rotatable bonds is 2. The maximum Gasteiger partial charge on any atom is 0.0430 e. The standard InChI is InChI=1S/C4H8BrCl/c1-2-4(6)3-5/h4H,2-3H2,1H3/t4-/m0/s1. The molecular formula is C4H8BrCl. The summed E-state index contributed by atoms with van der Waals surface area (Å²) in [7, 11) is 0.